The molecule has 18 aromatic carbocycles. The van der Waals surface area contributed by atoms with E-state index >= 15 is 0 Å². The molecule has 27 rings (SSSR count). The summed E-state index contributed by atoms with van der Waals surface area (Å²) in [5.74, 6) is 4.98. The SMILES string of the molecule is C/C=C/c1cccc2c1sc1ccc3c4cc(-c5ccccc5)ccc4n(-c4nc(-c5ccccc5)nc(-c5ccccc5)n4)c3c12.Cc1cccc2c1sc1ccc3c4cc(-c5ccccc5)ccc4n(-c4nc(-c5ccccc5)nc(-c5ccccc5)n4)c3c12.[2H]c1c([2H])c([2H])c2c(c1[2H])c1ccc3sc4c(-c5ccccc5)cccc4c3c1n2-c1nc(-c2ccccc2)nc(-c2ccccc2)n1. The van der Waals surface area contributed by atoms with E-state index in [4.69, 9.17) is 49.0 Å². The number of benzene rings is 18. The van der Waals surface area contributed by atoms with Crippen LogP contribution in [0.3, 0.4) is 0 Å². The molecule has 12 nitrogen and oxygen atoms in total. The maximum absolute atomic E-state index is 9.18. The summed E-state index contributed by atoms with van der Waals surface area (Å²) in [7, 11) is 0. The quantitative estimate of drug-likeness (QED) is 0.111. The summed E-state index contributed by atoms with van der Waals surface area (Å²) in [6.07, 6.45) is 4.30. The summed E-state index contributed by atoms with van der Waals surface area (Å²) in [6.45, 7) is 4.27. The van der Waals surface area contributed by atoms with Crippen LogP contribution in [0.4, 0.5) is 0 Å². The summed E-state index contributed by atoms with van der Waals surface area (Å²) in [5.41, 5.74) is 20.3. The van der Waals surface area contributed by atoms with E-state index in [1.165, 1.54) is 89.9 Å². The lowest BCUT2D eigenvalue weighted by Gasteiger charge is -2.11. The van der Waals surface area contributed by atoms with Crippen LogP contribution in [-0.4, -0.2) is 58.6 Å². The first-order valence-corrected chi connectivity index (χ1v) is 47.5. The van der Waals surface area contributed by atoms with E-state index in [9.17, 15) is 1.37 Å². The van der Waals surface area contributed by atoms with Gasteiger partial charge in [0.2, 0.25) is 17.8 Å². The summed E-state index contributed by atoms with van der Waals surface area (Å²) in [6, 6.07) is 137. The molecule has 0 unspecified atom stereocenters. The van der Waals surface area contributed by atoms with Gasteiger partial charge in [0, 0.05) is 126 Å². The molecular formula is C121H78N12S3. The lowest BCUT2D eigenvalue weighted by molar-refractivity contribution is 0.955. The monoisotopic (exact) mass is 1800 g/mol. The fourth-order valence-electron chi connectivity index (χ4n) is 19.1. The molecule has 136 heavy (non-hydrogen) atoms. The number of allylic oxidation sites excluding steroid dienone is 1. The summed E-state index contributed by atoms with van der Waals surface area (Å²) >= 11 is 5.38. The third-order valence-corrected chi connectivity index (χ3v) is 29.1. The molecule has 0 aliphatic rings. The zero-order valence-electron chi connectivity index (χ0n) is 77.4. The van der Waals surface area contributed by atoms with Gasteiger partial charge in [-0.1, -0.05) is 388 Å². The van der Waals surface area contributed by atoms with Crippen molar-refractivity contribution < 1.29 is 5.48 Å². The van der Waals surface area contributed by atoms with Crippen LogP contribution in [0.15, 0.2) is 431 Å². The van der Waals surface area contributed by atoms with Crippen molar-refractivity contribution in [2.45, 2.75) is 13.8 Å². The van der Waals surface area contributed by atoms with Crippen LogP contribution in [0.1, 0.15) is 23.5 Å². The topological polar surface area (TPSA) is 131 Å². The Morgan fingerprint density at radius 2 is 0.559 bits per heavy atom. The average molecular weight is 1800 g/mol. The first kappa shape index (κ1) is 76.5. The van der Waals surface area contributed by atoms with Crippen LogP contribution in [0, 0.1) is 6.92 Å². The highest BCUT2D eigenvalue weighted by Crippen LogP contribution is 2.50. The molecule has 0 fully saturated rings. The molecule has 0 N–H and O–H groups in total. The van der Waals surface area contributed by atoms with Crippen molar-refractivity contribution in [1.82, 2.24) is 58.6 Å². The number of aromatic nitrogens is 12. The van der Waals surface area contributed by atoms with E-state index in [0.29, 0.717) is 63.1 Å². The second-order valence-electron chi connectivity index (χ2n) is 33.5. The van der Waals surface area contributed by atoms with Gasteiger partial charge in [0.15, 0.2) is 34.9 Å². The van der Waals surface area contributed by atoms with Gasteiger partial charge in [0.05, 0.1) is 38.6 Å². The highest BCUT2D eigenvalue weighted by molar-refractivity contribution is 7.27. The first-order valence-electron chi connectivity index (χ1n) is 47.1. The molecule has 9 heterocycles. The Hall–Kier alpha value is -17.2. The normalized spacial score (nSPS) is 12.1. The fraction of sp³-hybridized carbons (Fsp3) is 0.0165. The zero-order chi connectivity index (χ0) is 93.7. The number of rotatable bonds is 13. The molecule has 0 saturated carbocycles. The molecule has 0 aliphatic heterocycles. The Labute approximate surface area is 799 Å². The van der Waals surface area contributed by atoms with Crippen LogP contribution in [0.5, 0.6) is 0 Å². The summed E-state index contributed by atoms with van der Waals surface area (Å²) < 4.78 is 49.1. The minimum Gasteiger partial charge on any atom is -0.277 e. The molecule has 15 heteroatoms. The lowest BCUT2D eigenvalue weighted by atomic mass is 10.0. The van der Waals surface area contributed by atoms with Gasteiger partial charge in [-0.05, 0) is 107 Å². The van der Waals surface area contributed by atoms with Crippen molar-refractivity contribution in [2.24, 2.45) is 0 Å². The number of para-hydroxylation sites is 1. The third kappa shape index (κ3) is 14.2. The Kier molecular flexibility index (Phi) is 19.2. The number of nitrogens with zero attached hydrogens (tertiary/aromatic N) is 12. The molecule has 0 saturated heterocycles. The van der Waals surface area contributed by atoms with Gasteiger partial charge in [-0.25, -0.2) is 15.0 Å². The van der Waals surface area contributed by atoms with Gasteiger partial charge in [0.25, 0.3) is 0 Å². The van der Waals surface area contributed by atoms with E-state index in [-0.39, 0.29) is 30.1 Å². The molecule has 640 valence electrons. The van der Waals surface area contributed by atoms with Crippen molar-refractivity contribution in [3.63, 3.8) is 0 Å². The molecule has 0 aliphatic carbocycles. The van der Waals surface area contributed by atoms with Gasteiger partial charge >= 0.3 is 0 Å². The predicted molar refractivity (Wildman–Crippen MR) is 570 cm³/mol. The van der Waals surface area contributed by atoms with Crippen molar-refractivity contribution in [3.8, 4) is 120 Å². The Morgan fingerprint density at radius 3 is 0.949 bits per heavy atom. The highest BCUT2D eigenvalue weighted by Gasteiger charge is 2.28. The summed E-state index contributed by atoms with van der Waals surface area (Å²) in [5, 5.41) is 12.7. The molecule has 0 spiro atoms. The second-order valence-corrected chi connectivity index (χ2v) is 36.7. The standard InChI is InChI=1S/C42H28N4S.C40H26N4S.C39H24N4S/c1-2-13-28-20-12-21-33-37-36(47-39(28)33)25-23-32-34-26-31(27-14-6-3-7-15-27)22-24-35(34)46(38(32)37)42-44-40(29-16-8-4-9-17-29)43-41(45-42)30-18-10-5-11-19-30;1-25-12-11-19-31-35-34(45-37(25)31)23-21-30-32-24-29(26-13-5-2-6-14-26)20-22-33(32)44(36(30)35)40-42-38(27-15-7-3-8-16-27)41-39(43-40)28-17-9-4-10-18-28;1-4-13-25(14-5-1)28-20-12-21-31-34-33(44-36(28)31)24-23-30-29-19-10-11-22-32(29)43(35(30)34)39-41-37(26-15-6-2-7-16-26)40-38(42-39)27-17-8-3-9-18-27/h2-26H,1H3;2-24H,1H3;1-24H/b13-2+;;/i;;10D,11D,19D,22D. The molecular weight excluding hydrogens is 1720 g/mol. The number of hydrogen-bond donors (Lipinski definition) is 0. The van der Waals surface area contributed by atoms with Crippen LogP contribution in [0.25, 0.3) is 252 Å². The van der Waals surface area contributed by atoms with Gasteiger partial charge in [-0.2, -0.15) is 29.9 Å². The maximum atomic E-state index is 9.18. The van der Waals surface area contributed by atoms with Crippen molar-refractivity contribution in [1.29, 1.82) is 0 Å². The Morgan fingerprint density at radius 1 is 0.243 bits per heavy atom. The van der Waals surface area contributed by atoms with E-state index in [1.807, 2.05) is 185 Å². The van der Waals surface area contributed by atoms with E-state index in [1.54, 1.807) is 11.3 Å². The molecule has 0 radical (unpaired) electrons. The predicted octanol–water partition coefficient (Wildman–Crippen LogP) is 32.4. The number of hydrogen-bond acceptors (Lipinski definition) is 12. The minimum atomic E-state index is -0.310. The molecule has 0 atom stereocenters. The lowest BCUT2D eigenvalue weighted by Crippen LogP contribution is -2.06. The van der Waals surface area contributed by atoms with Gasteiger partial charge in [-0.15, -0.1) is 34.0 Å². The van der Waals surface area contributed by atoms with Crippen molar-refractivity contribution in [2.75, 3.05) is 0 Å². The van der Waals surface area contributed by atoms with Gasteiger partial charge in [0.1, 0.15) is 0 Å². The van der Waals surface area contributed by atoms with E-state index in [2.05, 4.69) is 278 Å². The van der Waals surface area contributed by atoms with Crippen molar-refractivity contribution >= 4 is 166 Å². The summed E-state index contributed by atoms with van der Waals surface area (Å²) in [4.78, 5) is 45.7. The molecule has 0 amide bonds. The van der Waals surface area contributed by atoms with Crippen LogP contribution < -0.4 is 0 Å². The largest absolute Gasteiger partial charge is 0.277 e. The maximum Gasteiger partial charge on any atom is 0.238 e. The first-order chi connectivity index (χ1) is 69.0. The molecule has 9 aromatic heterocycles. The second kappa shape index (κ2) is 34.2. The molecule has 27 aromatic rings. The van der Waals surface area contributed by atoms with E-state index < -0.39 is 0 Å². The zero-order valence-corrected chi connectivity index (χ0v) is 75.8. The van der Waals surface area contributed by atoms with Gasteiger partial charge < -0.3 is 0 Å². The Bertz CT molecular complexity index is 9450. The highest BCUT2D eigenvalue weighted by atomic mass is 32.1. The van der Waals surface area contributed by atoms with E-state index in [0.717, 1.165) is 97.6 Å². The molecule has 0 bridgehead atoms. The minimum absolute atomic E-state index is 0.0979. The number of fused-ring (bicyclic) bond motifs is 21. The van der Waals surface area contributed by atoms with Crippen LogP contribution in [-0.2, 0) is 0 Å². The number of aryl methyl sites for hydroxylation is 1. The number of thiophene rings is 3. The smallest absolute Gasteiger partial charge is 0.238 e. The van der Waals surface area contributed by atoms with Crippen LogP contribution in [0.2, 0.25) is 0 Å². The van der Waals surface area contributed by atoms with Crippen molar-refractivity contribution in [3.05, 3.63) is 442 Å². The Balaban J connectivity index is 0.000000111. The average Bonchev–Trinajstić information content (AvgIpc) is 1.56. The van der Waals surface area contributed by atoms with Gasteiger partial charge in [-0.3, -0.25) is 13.7 Å². The van der Waals surface area contributed by atoms with Crippen LogP contribution >= 0.6 is 34.0 Å². The fourth-order valence-corrected chi connectivity index (χ4v) is 22.7. The third-order valence-electron chi connectivity index (χ3n) is 25.3.